The van der Waals surface area contributed by atoms with Crippen LogP contribution < -0.4 is 44.6 Å². The number of rotatable bonds is 19. The third kappa shape index (κ3) is 13.2. The summed E-state index contributed by atoms with van der Waals surface area (Å²) in [5.41, 5.74) is 31.0. The molecule has 258 valence electrons. The smallest absolute Gasteiger partial charge is 0.243 e. The number of primary amides is 1. The molecule has 0 saturated heterocycles. The SMILES string of the molecule is Cc1cc(O)cc(C)c1CC(N)C(=O)NC(CCCN=C(N)N)C(=O)NC(Cc1ccc(F)cc1)C(=O)NC(CCCCN)C(N)=O. The minimum absolute atomic E-state index is 0.0558. The quantitative estimate of drug-likeness (QED) is 0.0529. The van der Waals surface area contributed by atoms with Crippen molar-refractivity contribution < 1.29 is 28.7 Å². The number of unbranched alkanes of at least 4 members (excludes halogenated alkanes) is 1. The molecule has 0 fully saturated rings. The Balaban J connectivity index is 2.30. The Labute approximate surface area is 274 Å². The second-order valence-electron chi connectivity index (χ2n) is 11.5. The van der Waals surface area contributed by atoms with E-state index in [4.69, 9.17) is 28.7 Å². The molecular formula is C32H48FN9O5. The predicted molar refractivity (Wildman–Crippen MR) is 177 cm³/mol. The molecule has 2 rings (SSSR count). The van der Waals surface area contributed by atoms with Crippen LogP contribution in [0.5, 0.6) is 5.75 Å². The second kappa shape index (κ2) is 19.0. The number of halogens is 1. The van der Waals surface area contributed by atoms with E-state index in [-0.39, 0.29) is 43.9 Å². The molecule has 0 aliphatic carbocycles. The first-order chi connectivity index (χ1) is 22.2. The van der Waals surface area contributed by atoms with Crippen LogP contribution in [0.3, 0.4) is 0 Å². The lowest BCUT2D eigenvalue weighted by atomic mass is 9.95. The van der Waals surface area contributed by atoms with Crippen LogP contribution in [0.15, 0.2) is 41.4 Å². The third-order valence-electron chi connectivity index (χ3n) is 7.61. The predicted octanol–water partition coefficient (Wildman–Crippen LogP) is -0.617. The monoisotopic (exact) mass is 657 g/mol. The summed E-state index contributed by atoms with van der Waals surface area (Å²) in [6, 6.07) is 4.08. The van der Waals surface area contributed by atoms with Gasteiger partial charge in [0, 0.05) is 13.0 Å². The molecule has 4 unspecified atom stereocenters. The lowest BCUT2D eigenvalue weighted by molar-refractivity contribution is -0.133. The van der Waals surface area contributed by atoms with Crippen molar-refractivity contribution in [2.75, 3.05) is 13.1 Å². The van der Waals surface area contributed by atoms with E-state index in [2.05, 4.69) is 20.9 Å². The molecule has 0 aliphatic rings. The van der Waals surface area contributed by atoms with Gasteiger partial charge in [-0.05, 0) is 105 Å². The molecule has 0 bridgehead atoms. The van der Waals surface area contributed by atoms with Crippen molar-refractivity contribution in [3.05, 3.63) is 64.5 Å². The van der Waals surface area contributed by atoms with Gasteiger partial charge in [-0.15, -0.1) is 0 Å². The zero-order valence-corrected chi connectivity index (χ0v) is 26.9. The Kier molecular flexibility index (Phi) is 15.6. The summed E-state index contributed by atoms with van der Waals surface area (Å²) in [6.07, 6.45) is 1.86. The molecule has 0 spiro atoms. The number of aryl methyl sites for hydroxylation is 2. The molecular weight excluding hydrogens is 609 g/mol. The lowest BCUT2D eigenvalue weighted by Crippen LogP contribution is -2.58. The molecule has 15 heteroatoms. The van der Waals surface area contributed by atoms with E-state index in [1.165, 1.54) is 24.3 Å². The van der Waals surface area contributed by atoms with Crippen molar-refractivity contribution in [2.24, 2.45) is 33.7 Å². The summed E-state index contributed by atoms with van der Waals surface area (Å²) in [6.45, 7) is 4.15. The first kappa shape index (κ1) is 38.4. The zero-order chi connectivity index (χ0) is 35.1. The van der Waals surface area contributed by atoms with Gasteiger partial charge in [-0.1, -0.05) is 12.1 Å². The molecule has 14 nitrogen and oxygen atoms in total. The number of nitrogens with one attached hydrogen (secondary N) is 3. The summed E-state index contributed by atoms with van der Waals surface area (Å²) < 4.78 is 13.6. The molecule has 14 N–H and O–H groups in total. The molecule has 47 heavy (non-hydrogen) atoms. The van der Waals surface area contributed by atoms with Crippen molar-refractivity contribution >= 4 is 29.6 Å². The van der Waals surface area contributed by atoms with Crippen LogP contribution in [0.4, 0.5) is 4.39 Å². The zero-order valence-electron chi connectivity index (χ0n) is 26.9. The van der Waals surface area contributed by atoms with E-state index < -0.39 is 53.6 Å². The Hall–Kier alpha value is -4.76. The first-order valence-corrected chi connectivity index (χ1v) is 15.5. The maximum Gasteiger partial charge on any atom is 0.243 e. The number of carbonyl (C=O) groups is 4. The van der Waals surface area contributed by atoms with Crippen LogP contribution in [-0.2, 0) is 32.0 Å². The highest BCUT2D eigenvalue weighted by Gasteiger charge is 2.30. The Morgan fingerprint density at radius 2 is 1.36 bits per heavy atom. The Bertz CT molecular complexity index is 1380. The number of aromatic hydroxyl groups is 1. The molecule has 4 amide bonds. The van der Waals surface area contributed by atoms with Crippen molar-refractivity contribution in [1.82, 2.24) is 16.0 Å². The van der Waals surface area contributed by atoms with Crippen molar-refractivity contribution in [2.45, 2.75) is 83.0 Å². The van der Waals surface area contributed by atoms with Gasteiger partial charge in [0.25, 0.3) is 0 Å². The topological polar surface area (TPSA) is 267 Å². The average Bonchev–Trinajstić information content (AvgIpc) is 3.00. The van der Waals surface area contributed by atoms with E-state index in [1.807, 2.05) is 0 Å². The van der Waals surface area contributed by atoms with Gasteiger partial charge in [-0.2, -0.15) is 0 Å². The van der Waals surface area contributed by atoms with E-state index >= 15 is 0 Å². The van der Waals surface area contributed by atoms with Crippen LogP contribution in [-0.4, -0.2) is 72.0 Å². The standard InChI is InChI=1S/C32H48FN9O5/c1-18-14-22(43)15-19(2)23(18)17-24(35)29(45)41-26(7-5-13-39-32(37)38)30(46)42-27(16-20-8-10-21(33)11-9-20)31(47)40-25(28(36)44)6-3-4-12-34/h8-11,14-15,24-27,43H,3-7,12-13,16-17,34-35H2,1-2H3,(H2,36,44)(H,40,47)(H,41,45)(H,42,46)(H4,37,38,39). The lowest BCUT2D eigenvalue weighted by Gasteiger charge is -2.26. The molecule has 0 radical (unpaired) electrons. The highest BCUT2D eigenvalue weighted by molar-refractivity contribution is 5.94. The Morgan fingerprint density at radius 3 is 1.94 bits per heavy atom. The maximum absolute atomic E-state index is 13.7. The minimum Gasteiger partial charge on any atom is -0.508 e. The molecule has 2 aromatic rings. The number of hydrogen-bond donors (Lipinski definition) is 9. The number of carbonyl (C=O) groups excluding carboxylic acids is 4. The fraction of sp³-hybridized carbons (Fsp3) is 0.469. The molecule has 0 aliphatic heterocycles. The Morgan fingerprint density at radius 1 is 0.809 bits per heavy atom. The number of phenolic OH excluding ortho intramolecular Hbond substituents is 1. The van der Waals surface area contributed by atoms with Crippen molar-refractivity contribution in [1.29, 1.82) is 0 Å². The average molecular weight is 658 g/mol. The van der Waals surface area contributed by atoms with Gasteiger partial charge in [0.1, 0.15) is 29.7 Å². The molecule has 2 aromatic carbocycles. The molecule has 4 atom stereocenters. The number of hydrogen-bond acceptors (Lipinski definition) is 8. The summed E-state index contributed by atoms with van der Waals surface area (Å²) in [5.74, 6) is -3.29. The second-order valence-corrected chi connectivity index (χ2v) is 11.5. The van der Waals surface area contributed by atoms with Crippen molar-refractivity contribution in [3.8, 4) is 5.75 Å². The van der Waals surface area contributed by atoms with Crippen LogP contribution in [0.25, 0.3) is 0 Å². The maximum atomic E-state index is 13.7. The summed E-state index contributed by atoms with van der Waals surface area (Å²) in [7, 11) is 0. The highest BCUT2D eigenvalue weighted by Crippen LogP contribution is 2.22. The van der Waals surface area contributed by atoms with Gasteiger partial charge in [0.05, 0.1) is 6.04 Å². The third-order valence-corrected chi connectivity index (χ3v) is 7.61. The van der Waals surface area contributed by atoms with Gasteiger partial charge in [0.15, 0.2) is 5.96 Å². The molecule has 0 heterocycles. The number of guanidine groups is 1. The largest absolute Gasteiger partial charge is 0.508 e. The molecule has 0 saturated carbocycles. The van der Waals surface area contributed by atoms with Crippen LogP contribution in [0, 0.1) is 19.7 Å². The number of nitrogens with two attached hydrogens (primary N) is 5. The van der Waals surface area contributed by atoms with E-state index in [0.717, 1.165) is 16.7 Å². The van der Waals surface area contributed by atoms with Crippen LogP contribution >= 0.6 is 0 Å². The fourth-order valence-corrected chi connectivity index (χ4v) is 5.04. The van der Waals surface area contributed by atoms with Crippen molar-refractivity contribution in [3.63, 3.8) is 0 Å². The number of nitrogens with zero attached hydrogens (tertiary/aromatic N) is 1. The van der Waals surface area contributed by atoms with Gasteiger partial charge < -0.3 is 49.7 Å². The minimum atomic E-state index is -1.22. The first-order valence-electron chi connectivity index (χ1n) is 15.5. The van der Waals surface area contributed by atoms with Gasteiger partial charge in [0.2, 0.25) is 23.6 Å². The van der Waals surface area contributed by atoms with E-state index in [1.54, 1.807) is 26.0 Å². The number of amides is 4. The van der Waals surface area contributed by atoms with E-state index in [0.29, 0.717) is 31.4 Å². The van der Waals surface area contributed by atoms with E-state index in [9.17, 15) is 28.7 Å². The summed E-state index contributed by atoms with van der Waals surface area (Å²) in [4.78, 5) is 56.5. The van der Waals surface area contributed by atoms with Crippen LogP contribution in [0.1, 0.15) is 54.4 Å². The van der Waals surface area contributed by atoms with Gasteiger partial charge >= 0.3 is 0 Å². The van der Waals surface area contributed by atoms with Gasteiger partial charge in [-0.25, -0.2) is 4.39 Å². The van der Waals surface area contributed by atoms with Crippen LogP contribution in [0.2, 0.25) is 0 Å². The highest BCUT2D eigenvalue weighted by atomic mass is 19.1. The normalized spacial score (nSPS) is 13.5. The molecule has 0 aromatic heterocycles. The number of aliphatic imine (C=N–C) groups is 1. The van der Waals surface area contributed by atoms with Gasteiger partial charge in [-0.3, -0.25) is 24.2 Å². The summed E-state index contributed by atoms with van der Waals surface area (Å²) in [5, 5.41) is 17.8. The number of benzene rings is 2. The fourth-order valence-electron chi connectivity index (χ4n) is 5.04. The number of phenols is 1. The summed E-state index contributed by atoms with van der Waals surface area (Å²) >= 11 is 0.